The highest BCUT2D eigenvalue weighted by molar-refractivity contribution is 8.76. The Bertz CT molecular complexity index is 4130. The quantitative estimate of drug-likeness (QED) is 0.0177. The van der Waals surface area contributed by atoms with Gasteiger partial charge in [0.25, 0.3) is 0 Å². The molecule has 7 rings (SSSR count). The number of aliphatic hydroxyl groups excluding tert-OH is 1. The lowest BCUT2D eigenvalue weighted by Gasteiger charge is -2.30. The van der Waals surface area contributed by atoms with Gasteiger partial charge in [0.1, 0.15) is 11.8 Å². The number of para-hydroxylation sites is 1. The molecule has 3 aliphatic heterocycles. The third-order valence-electron chi connectivity index (χ3n) is 20.1. The van der Waals surface area contributed by atoms with Crippen LogP contribution in [0.1, 0.15) is 133 Å². The lowest BCUT2D eigenvalue weighted by Crippen LogP contribution is -2.52. The minimum absolute atomic E-state index is 0.0225. The molecular formula is C74H101N17O20S2. The predicted octanol–water partition coefficient (Wildman–Crippen LogP) is -0.785. The number of amides is 9. The number of guanidine groups is 1. The number of fused-ring (bicyclic) bond motifs is 12. The van der Waals surface area contributed by atoms with E-state index in [9.17, 15) is 73.2 Å². The number of hydrogen-bond donors (Lipinski definition) is 16. The van der Waals surface area contributed by atoms with Crippen LogP contribution in [0.3, 0.4) is 0 Å². The second-order valence-corrected chi connectivity index (χ2v) is 31.3. The SMILES string of the molecule is C[C@@H](O)[C@@H]1NC(=O)[C@H]2CC(=O)[C@@H](NC(=O)CN)CSSC[C@H](NC(=O)[C@H](CCCN=C(N)N)CC(=O)[C@@H]3CCCN3C(=O)[C@H](CC(=O)O)CC1=O)C(=O)C[C@@H](CCCNC(N)=O)C(=O)N[C@@H](Cc1c[nH]c3ccccc13)C(=O)C[C@@H](CCC(N)=O)C(=O)N[C@H](C(=O)C[C@@H](Cc1ccc(O)cc1)C(=O)O)CCCc1cn(nn1)C2. The van der Waals surface area contributed by atoms with Gasteiger partial charge in [-0.05, 0) is 107 Å². The molecule has 4 aromatic rings. The third-order valence-corrected chi connectivity index (χ3v) is 22.5. The summed E-state index contributed by atoms with van der Waals surface area (Å²) in [5.41, 5.74) is 29.9. The third kappa shape index (κ3) is 28.2. The van der Waals surface area contributed by atoms with E-state index in [4.69, 9.17) is 28.7 Å². The van der Waals surface area contributed by atoms with Crippen molar-refractivity contribution in [2.24, 2.45) is 69.2 Å². The van der Waals surface area contributed by atoms with E-state index in [1.54, 1.807) is 30.5 Å². The van der Waals surface area contributed by atoms with Gasteiger partial charge in [0.05, 0.1) is 79.3 Å². The molecular weight excluding hydrogens is 1510 g/mol. The number of aliphatic imine (C=N–C) groups is 1. The van der Waals surface area contributed by atoms with Crippen molar-refractivity contribution in [3.63, 3.8) is 0 Å². The lowest BCUT2D eigenvalue weighted by molar-refractivity contribution is -0.148. The van der Waals surface area contributed by atoms with Gasteiger partial charge in [-0.25, -0.2) is 4.79 Å². The standard InChI is InChI=1S/C74H101N17O20S2/c1-39(92)66-62(99)29-44(32-65(102)103)71(108)91-23-7-14-56(91)61(98)28-42(8-5-21-80-73(77)78)68(105)86-55-38-113-112-37-54(83-64(101)33-75)60(97)31-47(70(107)87-66)35-90-36-48(88-89-90)10-4-13-52(57(94)30-45(72(109)110)24-40-15-18-49(93)19-16-40)84-69(106)43(17-20-63(76)100)27-58(95)53(25-46-34-82-51-12-3-2-11-50(46)51)85-67(104)41(26-59(55)96)9-6-22-81-74(79)111/h2-3,11-12,15-16,18-19,34,36,39,41-45,47,52-56,66,82,92-93H,4-10,13-14,17,20-33,35,37-38,75H2,1H3,(H2,76,100)(H,83,101)(H,84,106)(H,85,104)(H,86,105)(H,87,107)(H,102,103)(H,109,110)(H4,77,78,80)(H3,79,81,111)/t39-,41-,42-,43-,44+,45-,47+,52+,53+,54+,55+,56+,66+/m1/s1. The van der Waals surface area contributed by atoms with E-state index >= 15 is 24.0 Å². The van der Waals surface area contributed by atoms with Crippen LogP contribution in [0.4, 0.5) is 4.79 Å². The normalized spacial score (nSPS) is 24.2. The second kappa shape index (κ2) is 44.0. The minimum Gasteiger partial charge on any atom is -0.508 e. The molecule has 37 nitrogen and oxygen atoms in total. The van der Waals surface area contributed by atoms with Gasteiger partial charge in [-0.15, -0.1) is 5.10 Å². The molecule has 9 amide bonds. The van der Waals surface area contributed by atoms with Crippen molar-refractivity contribution >= 4 is 132 Å². The molecule has 5 heterocycles. The number of carbonyl (C=O) groups excluding carboxylic acids is 14. The van der Waals surface area contributed by atoms with Gasteiger partial charge in [0.2, 0.25) is 41.4 Å². The molecule has 0 spiro atoms. The first-order valence-corrected chi connectivity index (χ1v) is 39.9. The van der Waals surface area contributed by atoms with Gasteiger partial charge in [-0.2, -0.15) is 0 Å². The van der Waals surface area contributed by atoms with Crippen LogP contribution in [0, 0.1) is 35.5 Å². The maximum atomic E-state index is 15.5. The average Bonchev–Trinajstić information content (AvgIpc) is 1.72. The van der Waals surface area contributed by atoms with Crippen molar-refractivity contribution in [1.82, 2.24) is 56.8 Å². The van der Waals surface area contributed by atoms with Gasteiger partial charge in [0, 0.05) is 124 Å². The first kappa shape index (κ1) is 89.5. The largest absolute Gasteiger partial charge is 0.508 e. The van der Waals surface area contributed by atoms with Crippen LogP contribution in [0.5, 0.6) is 5.75 Å². The van der Waals surface area contributed by atoms with Crippen molar-refractivity contribution in [3.05, 3.63) is 77.7 Å². The number of nitrogens with two attached hydrogens (primary N) is 5. The molecule has 0 saturated carbocycles. The molecule has 0 radical (unpaired) electrons. The Balaban J connectivity index is 1.40. The summed E-state index contributed by atoms with van der Waals surface area (Å²) in [4.78, 5) is 237. The summed E-state index contributed by atoms with van der Waals surface area (Å²) in [7, 11) is 1.83. The van der Waals surface area contributed by atoms with Crippen LogP contribution < -0.4 is 60.6 Å². The average molecular weight is 1610 g/mol. The number of ketones is 6. The number of carboxylic acid groups (broad SMARTS) is 2. The van der Waals surface area contributed by atoms with E-state index in [1.165, 1.54) is 30.5 Å². The van der Waals surface area contributed by atoms with Crippen LogP contribution in [-0.2, 0) is 97.7 Å². The van der Waals surface area contributed by atoms with Crippen molar-refractivity contribution < 1.29 is 97.1 Å². The number of urea groups is 1. The number of aromatic nitrogens is 4. The summed E-state index contributed by atoms with van der Waals surface area (Å²) in [5.74, 6) is -24.4. The Morgan fingerprint density at radius 2 is 1.39 bits per heavy atom. The number of aromatic hydroxyl groups is 1. The summed E-state index contributed by atoms with van der Waals surface area (Å²) in [6.45, 7) is -0.331. The van der Waals surface area contributed by atoms with Gasteiger partial charge >= 0.3 is 18.0 Å². The molecule has 13 atom stereocenters. The summed E-state index contributed by atoms with van der Waals surface area (Å²) < 4.78 is 1.16. The Labute approximate surface area is 657 Å². The number of aryl methyl sites for hydroxylation is 1. The van der Waals surface area contributed by atoms with Crippen LogP contribution in [0.15, 0.2) is 65.9 Å². The summed E-state index contributed by atoms with van der Waals surface area (Å²) in [6.07, 6.45) is -5.87. The molecule has 2 saturated heterocycles. The fraction of sp³-hybridized carbons (Fsp3) is 0.554. The summed E-state index contributed by atoms with van der Waals surface area (Å²) in [5, 5.41) is 66.8. The van der Waals surface area contributed by atoms with Crippen LogP contribution in [0.25, 0.3) is 10.9 Å². The molecule has 2 fully saturated rings. The number of carboxylic acids is 2. The number of H-pyrrole nitrogens is 1. The van der Waals surface area contributed by atoms with Crippen molar-refractivity contribution in [1.29, 1.82) is 0 Å². The monoisotopic (exact) mass is 1610 g/mol. The van der Waals surface area contributed by atoms with Crippen LogP contribution in [0.2, 0.25) is 0 Å². The Morgan fingerprint density at radius 3 is 2.07 bits per heavy atom. The smallest absolute Gasteiger partial charge is 0.312 e. The first-order valence-electron chi connectivity index (χ1n) is 37.4. The molecule has 2 aromatic carbocycles. The Kier molecular flexibility index (Phi) is 34.8. The molecule has 21 N–H and O–H groups in total. The second-order valence-electron chi connectivity index (χ2n) is 28.8. The van der Waals surface area contributed by atoms with Crippen LogP contribution in [-0.4, -0.2) is 225 Å². The van der Waals surface area contributed by atoms with E-state index in [0.29, 0.717) is 22.0 Å². The number of nitrogens with zero attached hydrogens (tertiary/aromatic N) is 5. The lowest BCUT2D eigenvalue weighted by atomic mass is 9.88. The minimum atomic E-state index is -1.88. The molecule has 614 valence electrons. The van der Waals surface area contributed by atoms with E-state index in [1.807, 2.05) is 0 Å². The highest BCUT2D eigenvalue weighted by Gasteiger charge is 2.43. The molecule has 2 aromatic heterocycles. The predicted molar refractivity (Wildman–Crippen MR) is 411 cm³/mol. The molecule has 0 unspecified atom stereocenters. The van der Waals surface area contributed by atoms with E-state index in [-0.39, 0.29) is 119 Å². The van der Waals surface area contributed by atoms with E-state index in [0.717, 1.165) is 38.1 Å². The number of Topliss-reactive ketones (excluding diaryl/α,β-unsaturated/α-hetero) is 6. The van der Waals surface area contributed by atoms with Crippen molar-refractivity contribution in [3.8, 4) is 5.75 Å². The highest BCUT2D eigenvalue weighted by Crippen LogP contribution is 2.31. The molecule has 3 aliphatic rings. The van der Waals surface area contributed by atoms with Crippen LogP contribution >= 0.6 is 21.6 Å². The zero-order chi connectivity index (χ0) is 82.6. The zero-order valence-corrected chi connectivity index (χ0v) is 64.3. The Hall–Kier alpha value is -10.7. The van der Waals surface area contributed by atoms with E-state index < -0.39 is 243 Å². The number of nitrogens with one attached hydrogen (secondary N) is 7. The van der Waals surface area contributed by atoms with E-state index in [2.05, 4.69) is 52.2 Å². The number of aliphatic hydroxyl groups is 1. The number of carbonyl (C=O) groups is 16. The number of phenolic OH excluding ortho intramolecular Hbond substituents is 1. The molecule has 39 heteroatoms. The van der Waals surface area contributed by atoms with Crippen molar-refractivity contribution in [2.75, 3.05) is 37.7 Å². The van der Waals surface area contributed by atoms with Gasteiger partial charge in [-0.3, -0.25) is 81.6 Å². The van der Waals surface area contributed by atoms with Gasteiger partial charge < -0.3 is 90.9 Å². The molecule has 113 heavy (non-hydrogen) atoms. The Morgan fingerprint density at radius 1 is 0.726 bits per heavy atom. The number of benzene rings is 2. The molecule has 4 bridgehead atoms. The zero-order valence-electron chi connectivity index (χ0n) is 62.6. The number of aliphatic carboxylic acids is 2. The fourth-order valence-corrected chi connectivity index (χ4v) is 16.4. The summed E-state index contributed by atoms with van der Waals surface area (Å²) >= 11 is 0. The van der Waals surface area contributed by atoms with Gasteiger partial charge in [0.15, 0.2) is 40.7 Å². The number of primary amides is 2. The fourth-order valence-electron chi connectivity index (χ4n) is 14.0. The first-order chi connectivity index (χ1) is 53.8. The number of aromatic amines is 1. The van der Waals surface area contributed by atoms with Gasteiger partial charge in [-0.1, -0.05) is 57.1 Å². The number of rotatable bonds is 24. The highest BCUT2D eigenvalue weighted by atomic mass is 33.1. The van der Waals surface area contributed by atoms with Crippen molar-refractivity contribution in [2.45, 2.75) is 184 Å². The maximum absolute atomic E-state index is 15.5. The topological polar surface area (TPSA) is 618 Å². The number of phenols is 1. The number of hydrogen-bond acceptors (Lipinski definition) is 24. The summed E-state index contributed by atoms with van der Waals surface area (Å²) in [6, 6.07) is 2.33. The maximum Gasteiger partial charge on any atom is 0.312 e. The molecule has 0 aliphatic carbocycles.